The molecule has 0 aliphatic heterocycles. The molecule has 2 aliphatic carbocycles. The van der Waals surface area contributed by atoms with Crippen molar-refractivity contribution in [1.29, 1.82) is 0 Å². The van der Waals surface area contributed by atoms with Crippen LogP contribution in [-0.2, 0) is 4.79 Å². The first-order valence-electron chi connectivity index (χ1n) is 6.35. The minimum absolute atomic E-state index is 0.00592. The molecule has 0 saturated heterocycles. The molecule has 4 nitrogen and oxygen atoms in total. The zero-order valence-electron chi connectivity index (χ0n) is 9.74. The Morgan fingerprint density at radius 3 is 2.62 bits per heavy atom. The summed E-state index contributed by atoms with van der Waals surface area (Å²) < 4.78 is 0. The van der Waals surface area contributed by atoms with Gasteiger partial charge >= 0.3 is 0 Å². The van der Waals surface area contributed by atoms with Crippen LogP contribution in [0.25, 0.3) is 0 Å². The molecule has 2 atom stereocenters. The highest BCUT2D eigenvalue weighted by Gasteiger charge is 2.37. The summed E-state index contributed by atoms with van der Waals surface area (Å²) >= 11 is 0. The SMILES string of the molecule is NC1(C(=O)NCC2CCC(O)C2)CCCC1. The van der Waals surface area contributed by atoms with Gasteiger partial charge in [-0.15, -0.1) is 0 Å². The fraction of sp³-hybridized carbons (Fsp3) is 0.917. The molecular formula is C12H22N2O2. The summed E-state index contributed by atoms with van der Waals surface area (Å²) in [5, 5.41) is 12.3. The van der Waals surface area contributed by atoms with Crippen LogP contribution in [0.15, 0.2) is 0 Å². The van der Waals surface area contributed by atoms with Crippen molar-refractivity contribution in [1.82, 2.24) is 5.32 Å². The number of nitrogens with one attached hydrogen (secondary N) is 1. The Hall–Kier alpha value is -0.610. The smallest absolute Gasteiger partial charge is 0.240 e. The van der Waals surface area contributed by atoms with Crippen molar-refractivity contribution in [2.24, 2.45) is 11.7 Å². The van der Waals surface area contributed by atoms with E-state index >= 15 is 0 Å². The molecule has 0 spiro atoms. The summed E-state index contributed by atoms with van der Waals surface area (Å²) in [7, 11) is 0. The molecular weight excluding hydrogens is 204 g/mol. The highest BCUT2D eigenvalue weighted by molar-refractivity contribution is 5.86. The van der Waals surface area contributed by atoms with Crippen LogP contribution >= 0.6 is 0 Å². The van der Waals surface area contributed by atoms with Crippen molar-refractivity contribution in [2.75, 3.05) is 6.54 Å². The third kappa shape index (κ3) is 2.55. The lowest BCUT2D eigenvalue weighted by molar-refractivity contribution is -0.126. The van der Waals surface area contributed by atoms with Crippen LogP contribution in [0.2, 0.25) is 0 Å². The number of amides is 1. The fourth-order valence-electron chi connectivity index (χ4n) is 2.88. The Morgan fingerprint density at radius 2 is 2.06 bits per heavy atom. The molecule has 0 heterocycles. The molecule has 0 radical (unpaired) electrons. The van der Waals surface area contributed by atoms with E-state index in [2.05, 4.69) is 5.32 Å². The second kappa shape index (κ2) is 4.72. The first-order valence-corrected chi connectivity index (χ1v) is 6.35. The second-order valence-electron chi connectivity index (χ2n) is 5.41. The van der Waals surface area contributed by atoms with Gasteiger partial charge in [0.15, 0.2) is 0 Å². The molecule has 0 bridgehead atoms. The van der Waals surface area contributed by atoms with E-state index in [-0.39, 0.29) is 12.0 Å². The van der Waals surface area contributed by atoms with Gasteiger partial charge in [-0.05, 0) is 38.0 Å². The Bertz CT molecular complexity index is 262. The standard InChI is InChI=1S/C12H22N2O2/c13-12(5-1-2-6-12)11(16)14-8-9-3-4-10(15)7-9/h9-10,15H,1-8,13H2,(H,14,16). The molecule has 2 rings (SSSR count). The van der Waals surface area contributed by atoms with Gasteiger partial charge in [0.1, 0.15) is 0 Å². The van der Waals surface area contributed by atoms with E-state index in [1.54, 1.807) is 0 Å². The monoisotopic (exact) mass is 226 g/mol. The fourth-order valence-corrected chi connectivity index (χ4v) is 2.88. The lowest BCUT2D eigenvalue weighted by Crippen LogP contribution is -2.52. The van der Waals surface area contributed by atoms with Crippen LogP contribution in [0.1, 0.15) is 44.9 Å². The number of aliphatic hydroxyl groups excluding tert-OH is 1. The predicted octanol–water partition coefficient (Wildman–Crippen LogP) is 0.535. The van der Waals surface area contributed by atoms with Crippen LogP contribution < -0.4 is 11.1 Å². The molecule has 4 N–H and O–H groups in total. The van der Waals surface area contributed by atoms with E-state index in [0.29, 0.717) is 12.5 Å². The molecule has 0 aromatic rings. The van der Waals surface area contributed by atoms with Crippen molar-refractivity contribution in [3.05, 3.63) is 0 Å². The summed E-state index contributed by atoms with van der Waals surface area (Å²) in [6.07, 6.45) is 6.28. The number of rotatable bonds is 3. The predicted molar refractivity (Wildman–Crippen MR) is 61.7 cm³/mol. The lowest BCUT2D eigenvalue weighted by atomic mass is 9.97. The average Bonchev–Trinajstić information content (AvgIpc) is 2.85. The van der Waals surface area contributed by atoms with Gasteiger partial charge in [0.25, 0.3) is 0 Å². The summed E-state index contributed by atoms with van der Waals surface area (Å²) in [4.78, 5) is 11.9. The Kier molecular flexibility index (Phi) is 3.50. The topological polar surface area (TPSA) is 75.4 Å². The van der Waals surface area contributed by atoms with E-state index in [9.17, 15) is 9.90 Å². The van der Waals surface area contributed by atoms with Gasteiger partial charge in [-0.3, -0.25) is 4.79 Å². The quantitative estimate of drug-likeness (QED) is 0.657. The third-order valence-electron chi connectivity index (χ3n) is 4.01. The zero-order valence-corrected chi connectivity index (χ0v) is 9.74. The molecule has 2 fully saturated rings. The molecule has 2 saturated carbocycles. The van der Waals surface area contributed by atoms with Gasteiger partial charge in [-0.2, -0.15) is 0 Å². The van der Waals surface area contributed by atoms with E-state index in [1.165, 1.54) is 0 Å². The van der Waals surface area contributed by atoms with Crippen molar-refractivity contribution >= 4 is 5.91 Å². The number of aliphatic hydroxyl groups is 1. The molecule has 2 unspecified atom stereocenters. The number of carbonyl (C=O) groups excluding carboxylic acids is 1. The van der Waals surface area contributed by atoms with Gasteiger partial charge in [0.2, 0.25) is 5.91 Å². The van der Waals surface area contributed by atoms with Crippen molar-refractivity contribution in [3.63, 3.8) is 0 Å². The third-order valence-corrected chi connectivity index (χ3v) is 4.01. The normalized spacial score (nSPS) is 32.9. The van der Waals surface area contributed by atoms with Crippen molar-refractivity contribution in [2.45, 2.75) is 56.6 Å². The van der Waals surface area contributed by atoms with Crippen molar-refractivity contribution in [3.8, 4) is 0 Å². The van der Waals surface area contributed by atoms with E-state index in [4.69, 9.17) is 5.73 Å². The van der Waals surface area contributed by atoms with Gasteiger partial charge in [0, 0.05) is 6.54 Å². The van der Waals surface area contributed by atoms with E-state index < -0.39 is 5.54 Å². The summed E-state index contributed by atoms with van der Waals surface area (Å²) in [5.74, 6) is 0.440. The molecule has 1 amide bonds. The number of hydrogen-bond acceptors (Lipinski definition) is 3. The first kappa shape index (κ1) is 11.9. The lowest BCUT2D eigenvalue weighted by Gasteiger charge is -2.23. The number of carbonyl (C=O) groups is 1. The van der Waals surface area contributed by atoms with Crippen LogP contribution in [0.4, 0.5) is 0 Å². The van der Waals surface area contributed by atoms with Crippen LogP contribution in [-0.4, -0.2) is 29.2 Å². The maximum Gasteiger partial charge on any atom is 0.240 e. The molecule has 16 heavy (non-hydrogen) atoms. The van der Waals surface area contributed by atoms with Crippen molar-refractivity contribution < 1.29 is 9.90 Å². The Labute approximate surface area is 96.6 Å². The van der Waals surface area contributed by atoms with Gasteiger partial charge < -0.3 is 16.2 Å². The second-order valence-corrected chi connectivity index (χ2v) is 5.41. The van der Waals surface area contributed by atoms with E-state index in [1.807, 2.05) is 0 Å². The summed E-state index contributed by atoms with van der Waals surface area (Å²) in [6, 6.07) is 0. The molecule has 92 valence electrons. The molecule has 4 heteroatoms. The average molecular weight is 226 g/mol. The van der Waals surface area contributed by atoms with Gasteiger partial charge in [-0.25, -0.2) is 0 Å². The minimum Gasteiger partial charge on any atom is -0.393 e. The highest BCUT2D eigenvalue weighted by atomic mass is 16.3. The minimum atomic E-state index is -0.614. The van der Waals surface area contributed by atoms with Crippen LogP contribution in [0, 0.1) is 5.92 Å². The number of hydrogen-bond donors (Lipinski definition) is 3. The molecule has 0 aromatic heterocycles. The number of nitrogens with two attached hydrogens (primary N) is 1. The van der Waals surface area contributed by atoms with Crippen LogP contribution in [0.3, 0.4) is 0 Å². The summed E-state index contributed by atoms with van der Waals surface area (Å²) in [5.41, 5.74) is 5.44. The Balaban J connectivity index is 1.75. The summed E-state index contributed by atoms with van der Waals surface area (Å²) in [6.45, 7) is 0.675. The highest BCUT2D eigenvalue weighted by Crippen LogP contribution is 2.28. The first-order chi connectivity index (χ1) is 7.60. The molecule has 0 aromatic carbocycles. The van der Waals surface area contributed by atoms with Gasteiger partial charge in [-0.1, -0.05) is 12.8 Å². The van der Waals surface area contributed by atoms with Crippen LogP contribution in [0.5, 0.6) is 0 Å². The Morgan fingerprint density at radius 1 is 1.38 bits per heavy atom. The maximum absolute atomic E-state index is 11.9. The maximum atomic E-state index is 11.9. The largest absolute Gasteiger partial charge is 0.393 e. The van der Waals surface area contributed by atoms with Gasteiger partial charge in [0.05, 0.1) is 11.6 Å². The zero-order chi connectivity index (χ0) is 11.6. The molecule has 2 aliphatic rings. The van der Waals surface area contributed by atoms with E-state index in [0.717, 1.165) is 44.9 Å².